The van der Waals surface area contributed by atoms with Gasteiger partial charge in [0.1, 0.15) is 11.7 Å². The summed E-state index contributed by atoms with van der Waals surface area (Å²) in [4.78, 5) is 17.8. The van der Waals surface area contributed by atoms with Crippen LogP contribution in [-0.2, 0) is 0 Å². The summed E-state index contributed by atoms with van der Waals surface area (Å²) in [5, 5.41) is 17.2. The SMILES string of the molecule is CC.CC.O=[N+]([O-])c1cc2c(Nc3ccncc3F)nc(Cl)nn2c1. The lowest BCUT2D eigenvalue weighted by Gasteiger charge is -2.07. The minimum Gasteiger partial charge on any atom is -0.336 e. The number of aromatic nitrogens is 4. The van der Waals surface area contributed by atoms with E-state index in [0.29, 0.717) is 5.52 Å². The number of rotatable bonds is 3. The monoisotopic (exact) mass is 368 g/mol. The van der Waals surface area contributed by atoms with E-state index in [2.05, 4.69) is 20.4 Å². The Bertz CT molecular complexity index is 855. The standard InChI is InChI=1S/C11H6ClFN6O2.2C2H6/c12-11-16-10(15-8-1-2-14-4-7(8)13)9-3-6(19(20)21)5-18(9)17-11;2*1-2/h1-5H,(H,14,15,16,17);2*1-2H3. The molecular formula is C15H18ClFN6O2. The van der Waals surface area contributed by atoms with Crippen molar-refractivity contribution in [3.05, 3.63) is 51.9 Å². The predicted octanol–water partition coefficient (Wildman–Crippen LogP) is 4.62. The van der Waals surface area contributed by atoms with Crippen molar-refractivity contribution in [3.8, 4) is 0 Å². The summed E-state index contributed by atoms with van der Waals surface area (Å²) in [7, 11) is 0. The molecule has 134 valence electrons. The van der Waals surface area contributed by atoms with Crippen LogP contribution in [0.2, 0.25) is 5.28 Å². The Kier molecular flexibility index (Phi) is 7.67. The largest absolute Gasteiger partial charge is 0.336 e. The fourth-order valence-corrected chi connectivity index (χ4v) is 1.92. The Morgan fingerprint density at radius 2 is 2.00 bits per heavy atom. The average Bonchev–Trinajstić information content (AvgIpc) is 3.05. The molecule has 0 aliphatic heterocycles. The summed E-state index contributed by atoms with van der Waals surface area (Å²) in [6.07, 6.45) is 3.62. The van der Waals surface area contributed by atoms with Crippen LogP contribution in [0.15, 0.2) is 30.7 Å². The van der Waals surface area contributed by atoms with Crippen molar-refractivity contribution in [2.24, 2.45) is 0 Å². The first-order chi connectivity index (χ1) is 12.0. The topological polar surface area (TPSA) is 98.2 Å². The van der Waals surface area contributed by atoms with E-state index >= 15 is 0 Å². The van der Waals surface area contributed by atoms with Gasteiger partial charge in [-0.1, -0.05) is 27.7 Å². The molecule has 0 saturated carbocycles. The predicted molar refractivity (Wildman–Crippen MR) is 94.8 cm³/mol. The molecule has 10 heteroatoms. The first kappa shape index (κ1) is 20.2. The third kappa shape index (κ3) is 4.83. The lowest BCUT2D eigenvalue weighted by atomic mass is 10.3. The number of nitrogens with zero attached hydrogens (tertiary/aromatic N) is 5. The molecule has 8 nitrogen and oxygen atoms in total. The Labute approximate surface area is 148 Å². The molecule has 3 rings (SSSR count). The molecule has 0 bridgehead atoms. The van der Waals surface area contributed by atoms with Gasteiger partial charge in [-0.05, 0) is 17.7 Å². The van der Waals surface area contributed by atoms with Gasteiger partial charge < -0.3 is 5.32 Å². The van der Waals surface area contributed by atoms with Gasteiger partial charge in [-0.25, -0.2) is 8.91 Å². The number of nitro groups is 1. The molecule has 3 heterocycles. The van der Waals surface area contributed by atoms with Gasteiger partial charge in [0.25, 0.3) is 5.69 Å². The van der Waals surface area contributed by atoms with Crippen LogP contribution >= 0.6 is 11.6 Å². The van der Waals surface area contributed by atoms with Gasteiger partial charge in [0.15, 0.2) is 11.6 Å². The second-order valence-corrected chi connectivity index (χ2v) is 4.33. The molecule has 3 aromatic heterocycles. The van der Waals surface area contributed by atoms with Gasteiger partial charge in [-0.3, -0.25) is 15.1 Å². The van der Waals surface area contributed by atoms with Gasteiger partial charge in [-0.15, -0.1) is 5.10 Å². The highest BCUT2D eigenvalue weighted by molar-refractivity contribution is 6.28. The highest BCUT2D eigenvalue weighted by Crippen LogP contribution is 2.26. The summed E-state index contributed by atoms with van der Waals surface area (Å²) in [5.74, 6) is -0.445. The molecule has 0 radical (unpaired) electrons. The number of pyridine rings is 1. The molecule has 0 saturated heterocycles. The summed E-state index contributed by atoms with van der Waals surface area (Å²) >= 11 is 5.76. The molecule has 0 fully saturated rings. The van der Waals surface area contributed by atoms with E-state index in [0.717, 1.165) is 6.20 Å². The van der Waals surface area contributed by atoms with Crippen molar-refractivity contribution in [3.63, 3.8) is 0 Å². The molecule has 0 aromatic carbocycles. The molecule has 25 heavy (non-hydrogen) atoms. The number of anilines is 2. The number of halogens is 2. The second kappa shape index (κ2) is 9.48. The zero-order chi connectivity index (χ0) is 19.0. The summed E-state index contributed by atoms with van der Waals surface area (Å²) in [6, 6.07) is 2.66. The van der Waals surface area contributed by atoms with Crippen molar-refractivity contribution in [1.82, 2.24) is 19.6 Å². The number of nitrogens with one attached hydrogen (secondary N) is 1. The van der Waals surface area contributed by atoms with Gasteiger partial charge in [0, 0.05) is 12.3 Å². The molecule has 0 unspecified atom stereocenters. The average molecular weight is 369 g/mol. The number of hydrogen-bond donors (Lipinski definition) is 1. The van der Waals surface area contributed by atoms with Crippen LogP contribution in [0.4, 0.5) is 21.6 Å². The van der Waals surface area contributed by atoms with Crippen LogP contribution in [0.3, 0.4) is 0 Å². The highest BCUT2D eigenvalue weighted by Gasteiger charge is 2.16. The quantitative estimate of drug-likeness (QED) is 0.535. The lowest BCUT2D eigenvalue weighted by molar-refractivity contribution is -0.384. The van der Waals surface area contributed by atoms with Crippen LogP contribution < -0.4 is 5.32 Å². The maximum atomic E-state index is 13.6. The van der Waals surface area contributed by atoms with E-state index in [-0.39, 0.29) is 22.5 Å². The van der Waals surface area contributed by atoms with Crippen LogP contribution in [0.5, 0.6) is 0 Å². The fourth-order valence-electron chi connectivity index (χ4n) is 1.75. The normalized spacial score (nSPS) is 9.52. The first-order valence-corrected chi connectivity index (χ1v) is 7.99. The minimum atomic E-state index is -0.591. The van der Waals surface area contributed by atoms with Crippen LogP contribution in [-0.4, -0.2) is 24.5 Å². The maximum Gasteiger partial charge on any atom is 0.289 e. The Balaban J connectivity index is 0.000000730. The molecule has 1 N–H and O–H groups in total. The molecular weight excluding hydrogens is 351 g/mol. The Hall–Kier alpha value is -2.81. The molecule has 0 aliphatic carbocycles. The Morgan fingerprint density at radius 3 is 2.60 bits per heavy atom. The third-order valence-electron chi connectivity index (χ3n) is 2.66. The fraction of sp³-hybridized carbons (Fsp3) is 0.267. The van der Waals surface area contributed by atoms with Crippen molar-refractivity contribution in [1.29, 1.82) is 0 Å². The maximum absolute atomic E-state index is 13.6. The van der Waals surface area contributed by atoms with Crippen LogP contribution in [0.1, 0.15) is 27.7 Å². The number of fused-ring (bicyclic) bond motifs is 1. The van der Waals surface area contributed by atoms with Gasteiger partial charge >= 0.3 is 0 Å². The minimum absolute atomic E-state index is 0.116. The van der Waals surface area contributed by atoms with Crippen molar-refractivity contribution < 1.29 is 9.31 Å². The van der Waals surface area contributed by atoms with E-state index in [4.69, 9.17) is 11.6 Å². The van der Waals surface area contributed by atoms with Crippen molar-refractivity contribution in [2.45, 2.75) is 27.7 Å². The summed E-state index contributed by atoms with van der Waals surface area (Å²) in [6.45, 7) is 8.00. The number of hydrogen-bond acceptors (Lipinski definition) is 6. The lowest BCUT2D eigenvalue weighted by Crippen LogP contribution is -2.02. The van der Waals surface area contributed by atoms with Gasteiger partial charge in [0.2, 0.25) is 5.28 Å². The smallest absolute Gasteiger partial charge is 0.289 e. The van der Waals surface area contributed by atoms with Crippen LogP contribution in [0.25, 0.3) is 5.52 Å². The van der Waals surface area contributed by atoms with E-state index in [1.165, 1.54) is 29.0 Å². The van der Waals surface area contributed by atoms with Crippen LogP contribution in [0, 0.1) is 15.9 Å². The zero-order valence-electron chi connectivity index (χ0n) is 14.2. The molecule has 0 aliphatic rings. The Morgan fingerprint density at radius 1 is 1.32 bits per heavy atom. The van der Waals surface area contributed by atoms with Gasteiger partial charge in [-0.2, -0.15) is 4.98 Å². The van der Waals surface area contributed by atoms with E-state index in [1.54, 1.807) is 0 Å². The first-order valence-electron chi connectivity index (χ1n) is 7.61. The van der Waals surface area contributed by atoms with E-state index in [9.17, 15) is 14.5 Å². The summed E-state index contributed by atoms with van der Waals surface area (Å²) in [5.41, 5.74) is 0.234. The molecule has 0 spiro atoms. The molecule has 3 aromatic rings. The van der Waals surface area contributed by atoms with Crippen molar-refractivity contribution >= 4 is 34.3 Å². The molecule has 0 atom stereocenters. The third-order valence-corrected chi connectivity index (χ3v) is 2.82. The van der Waals surface area contributed by atoms with Gasteiger partial charge in [0.05, 0.1) is 16.8 Å². The summed E-state index contributed by atoms with van der Waals surface area (Å²) < 4.78 is 14.8. The van der Waals surface area contributed by atoms with E-state index in [1.807, 2.05) is 27.7 Å². The van der Waals surface area contributed by atoms with Crippen molar-refractivity contribution in [2.75, 3.05) is 5.32 Å². The highest BCUT2D eigenvalue weighted by atomic mass is 35.5. The zero-order valence-corrected chi connectivity index (χ0v) is 15.0. The van der Waals surface area contributed by atoms with E-state index < -0.39 is 10.7 Å². The second-order valence-electron chi connectivity index (χ2n) is 4.00. The molecule has 0 amide bonds.